The summed E-state index contributed by atoms with van der Waals surface area (Å²) in [5.74, 6) is -0.413. The number of nitrogens with one attached hydrogen (secondary N) is 2. The van der Waals surface area contributed by atoms with Crippen LogP contribution in [0.2, 0.25) is 5.02 Å². The molecule has 1 heterocycles. The third-order valence-corrected chi connectivity index (χ3v) is 5.75. The van der Waals surface area contributed by atoms with E-state index in [4.69, 9.17) is 16.3 Å². The molecule has 2 amide bonds. The number of anilines is 1. The summed E-state index contributed by atoms with van der Waals surface area (Å²) in [4.78, 5) is 37.9. The molecular weight excluding hydrogens is 466 g/mol. The van der Waals surface area contributed by atoms with Gasteiger partial charge in [0.25, 0.3) is 5.56 Å². The van der Waals surface area contributed by atoms with Gasteiger partial charge in [0.2, 0.25) is 5.91 Å². The lowest BCUT2D eigenvalue weighted by atomic mass is 9.99. The summed E-state index contributed by atoms with van der Waals surface area (Å²) in [7, 11) is 1.65. The lowest BCUT2D eigenvalue weighted by Gasteiger charge is -2.17. The van der Waals surface area contributed by atoms with Crippen LogP contribution in [0, 0.1) is 0 Å². The van der Waals surface area contributed by atoms with Gasteiger partial charge < -0.3 is 19.9 Å². The van der Waals surface area contributed by atoms with Crippen LogP contribution >= 0.6 is 11.6 Å². The minimum atomic E-state index is -0.622. The van der Waals surface area contributed by atoms with Gasteiger partial charge in [-0.15, -0.1) is 0 Å². The number of carbonyl (C=O) groups excluding carboxylic acids is 2. The van der Waals surface area contributed by atoms with Gasteiger partial charge in [-0.25, -0.2) is 4.79 Å². The maximum atomic E-state index is 13.2. The van der Waals surface area contributed by atoms with E-state index < -0.39 is 12.0 Å². The second kappa shape index (κ2) is 10.9. The first-order valence-corrected chi connectivity index (χ1v) is 11.4. The third kappa shape index (κ3) is 5.70. The molecule has 35 heavy (non-hydrogen) atoms. The first-order chi connectivity index (χ1) is 16.9. The van der Waals surface area contributed by atoms with Crippen LogP contribution in [0.1, 0.15) is 12.0 Å². The normalized spacial score (nSPS) is 10.7. The molecule has 2 N–H and O–H groups in total. The van der Waals surface area contributed by atoms with Gasteiger partial charge in [0.15, 0.2) is 0 Å². The summed E-state index contributed by atoms with van der Waals surface area (Å²) in [5, 5.41) is 6.57. The number of hydrogen-bond donors (Lipinski definition) is 2. The first-order valence-electron chi connectivity index (χ1n) is 11.1. The number of aryl methyl sites for hydroxylation is 1. The topological polar surface area (TPSA) is 89.4 Å². The Labute approximate surface area is 207 Å². The number of rotatable bonds is 7. The van der Waals surface area contributed by atoms with E-state index >= 15 is 0 Å². The summed E-state index contributed by atoms with van der Waals surface area (Å²) in [6.07, 6.45) is -0.659. The molecule has 1 aromatic heterocycles. The quantitative estimate of drug-likeness (QED) is 0.377. The van der Waals surface area contributed by atoms with Crippen molar-refractivity contribution < 1.29 is 14.3 Å². The molecular formula is C27H24ClN3O4. The fourth-order valence-corrected chi connectivity index (χ4v) is 3.97. The number of fused-ring (bicyclic) bond motifs is 1. The zero-order chi connectivity index (χ0) is 24.8. The van der Waals surface area contributed by atoms with E-state index in [1.807, 2.05) is 60.7 Å². The summed E-state index contributed by atoms with van der Waals surface area (Å²) in [6, 6.07) is 23.9. The number of halogens is 1. The van der Waals surface area contributed by atoms with E-state index in [-0.39, 0.29) is 30.8 Å². The van der Waals surface area contributed by atoms with Crippen molar-refractivity contribution in [2.45, 2.75) is 13.0 Å². The van der Waals surface area contributed by atoms with Crippen LogP contribution in [-0.2, 0) is 23.2 Å². The fraction of sp³-hybridized carbons (Fsp3) is 0.148. The molecule has 0 bridgehead atoms. The number of nitrogens with zero attached hydrogens (tertiary/aromatic N) is 1. The molecule has 0 fully saturated rings. The zero-order valence-electron chi connectivity index (χ0n) is 19.1. The number of hydrogen-bond acceptors (Lipinski definition) is 4. The lowest BCUT2D eigenvalue weighted by Crippen LogP contribution is -2.30. The third-order valence-electron chi connectivity index (χ3n) is 5.52. The Bertz CT molecular complexity index is 1420. The van der Waals surface area contributed by atoms with Crippen molar-refractivity contribution >= 4 is 40.2 Å². The van der Waals surface area contributed by atoms with Crippen molar-refractivity contribution in [1.82, 2.24) is 9.88 Å². The van der Waals surface area contributed by atoms with Crippen molar-refractivity contribution in [3.8, 4) is 11.1 Å². The number of alkyl carbamates (subject to hydrolysis) is 1. The van der Waals surface area contributed by atoms with Crippen molar-refractivity contribution in [2.24, 2.45) is 7.05 Å². The highest BCUT2D eigenvalue weighted by molar-refractivity contribution is 6.31. The molecule has 0 aliphatic carbocycles. The Morgan fingerprint density at radius 1 is 0.971 bits per heavy atom. The highest BCUT2D eigenvalue weighted by Crippen LogP contribution is 2.34. The molecule has 0 aliphatic heterocycles. The Hall–Kier alpha value is -4.10. The molecule has 0 unspecified atom stereocenters. The summed E-state index contributed by atoms with van der Waals surface area (Å²) >= 11 is 6.26. The van der Waals surface area contributed by atoms with Gasteiger partial charge in [0.05, 0.1) is 5.52 Å². The second-order valence-corrected chi connectivity index (χ2v) is 8.36. The Kier molecular flexibility index (Phi) is 7.48. The van der Waals surface area contributed by atoms with Gasteiger partial charge in [0, 0.05) is 36.0 Å². The number of aromatic nitrogens is 1. The molecule has 4 rings (SSSR count). The van der Waals surface area contributed by atoms with E-state index in [0.29, 0.717) is 16.1 Å². The molecule has 178 valence electrons. The van der Waals surface area contributed by atoms with Gasteiger partial charge in [-0.2, -0.15) is 0 Å². The van der Waals surface area contributed by atoms with E-state index in [0.717, 1.165) is 16.5 Å². The van der Waals surface area contributed by atoms with Gasteiger partial charge >= 0.3 is 6.09 Å². The van der Waals surface area contributed by atoms with Crippen LogP contribution < -0.4 is 16.2 Å². The van der Waals surface area contributed by atoms with E-state index in [1.165, 1.54) is 4.57 Å². The Morgan fingerprint density at radius 3 is 2.37 bits per heavy atom. The van der Waals surface area contributed by atoms with Crippen LogP contribution in [0.4, 0.5) is 10.5 Å². The summed E-state index contributed by atoms with van der Waals surface area (Å²) in [6.45, 7) is 0.189. The fourth-order valence-electron chi connectivity index (χ4n) is 3.79. The van der Waals surface area contributed by atoms with E-state index in [1.54, 1.807) is 25.2 Å². The van der Waals surface area contributed by atoms with Crippen LogP contribution in [0.5, 0.6) is 0 Å². The van der Waals surface area contributed by atoms with Gasteiger partial charge in [-0.3, -0.25) is 9.59 Å². The van der Waals surface area contributed by atoms with Crippen LogP contribution in [0.25, 0.3) is 22.0 Å². The van der Waals surface area contributed by atoms with E-state index in [9.17, 15) is 14.4 Å². The molecule has 0 aliphatic rings. The maximum Gasteiger partial charge on any atom is 0.407 e. The molecule has 0 saturated carbocycles. The van der Waals surface area contributed by atoms with Gasteiger partial charge in [0.1, 0.15) is 12.3 Å². The molecule has 8 heteroatoms. The molecule has 4 aromatic rings. The summed E-state index contributed by atoms with van der Waals surface area (Å²) in [5.41, 5.74) is 2.73. The average molecular weight is 490 g/mol. The minimum absolute atomic E-state index is 0.0363. The van der Waals surface area contributed by atoms with Crippen molar-refractivity contribution in [2.75, 3.05) is 11.9 Å². The monoisotopic (exact) mass is 489 g/mol. The molecule has 0 atom stereocenters. The number of carbonyl (C=O) groups is 2. The lowest BCUT2D eigenvalue weighted by molar-refractivity contribution is -0.116. The molecule has 0 radical (unpaired) electrons. The first kappa shape index (κ1) is 24.0. The molecule has 7 nitrogen and oxygen atoms in total. The standard InChI is InChI=1S/C27H24ClN3O4/c1-31-22-13-12-20(28)16-21(22)24(19-10-6-3-7-11-19)25(26(31)33)30-23(32)14-15-29-27(34)35-17-18-8-4-2-5-9-18/h2-13,16H,14-15,17H2,1H3,(H,29,34)(H,30,32). The SMILES string of the molecule is Cn1c(=O)c(NC(=O)CCNC(=O)OCc2ccccc2)c(-c2ccccc2)c2cc(Cl)ccc21. The van der Waals surface area contributed by atoms with Crippen LogP contribution in [0.3, 0.4) is 0 Å². The predicted octanol–water partition coefficient (Wildman–Crippen LogP) is 5.11. The van der Waals surface area contributed by atoms with Gasteiger partial charge in [-0.05, 0) is 29.3 Å². The number of pyridine rings is 1. The maximum absolute atomic E-state index is 13.2. The van der Waals surface area contributed by atoms with Crippen molar-refractivity contribution in [3.63, 3.8) is 0 Å². The highest BCUT2D eigenvalue weighted by Gasteiger charge is 2.19. The molecule has 0 saturated heterocycles. The van der Waals surface area contributed by atoms with E-state index in [2.05, 4.69) is 10.6 Å². The second-order valence-electron chi connectivity index (χ2n) is 7.93. The minimum Gasteiger partial charge on any atom is -0.445 e. The molecule has 3 aromatic carbocycles. The van der Waals surface area contributed by atoms with Crippen LogP contribution in [0.15, 0.2) is 83.7 Å². The average Bonchev–Trinajstić information content (AvgIpc) is 2.87. The summed E-state index contributed by atoms with van der Waals surface area (Å²) < 4.78 is 6.63. The molecule has 0 spiro atoms. The smallest absolute Gasteiger partial charge is 0.407 e. The van der Waals surface area contributed by atoms with Crippen molar-refractivity contribution in [1.29, 1.82) is 0 Å². The number of benzene rings is 3. The largest absolute Gasteiger partial charge is 0.445 e. The predicted molar refractivity (Wildman–Crippen MR) is 138 cm³/mol. The van der Waals surface area contributed by atoms with Crippen molar-refractivity contribution in [3.05, 3.63) is 99.8 Å². The highest BCUT2D eigenvalue weighted by atomic mass is 35.5. The zero-order valence-corrected chi connectivity index (χ0v) is 19.8. The van der Waals surface area contributed by atoms with Crippen LogP contribution in [-0.4, -0.2) is 23.1 Å². The Balaban J connectivity index is 1.50. The van der Waals surface area contributed by atoms with Gasteiger partial charge in [-0.1, -0.05) is 72.3 Å². The number of ether oxygens (including phenoxy) is 1. The Morgan fingerprint density at radius 2 is 1.66 bits per heavy atom. The number of amides is 2.